The normalized spacial score (nSPS) is 36.4. The van der Waals surface area contributed by atoms with E-state index in [1.165, 1.54) is 55.5 Å². The maximum absolute atomic E-state index is 4.62. The summed E-state index contributed by atoms with van der Waals surface area (Å²) in [6.07, 6.45) is 5.02. The van der Waals surface area contributed by atoms with Crippen LogP contribution >= 0.6 is 11.7 Å². The Hall–Kier alpha value is -0.480. The fraction of sp³-hybridized carbons (Fsp3) is 0.846. The topological polar surface area (TPSA) is 29.0 Å². The quantitative estimate of drug-likeness (QED) is 0.827. The summed E-state index contributed by atoms with van der Waals surface area (Å²) in [5.74, 6) is 1.48. The highest BCUT2D eigenvalue weighted by molar-refractivity contribution is 6.99. The lowest BCUT2D eigenvalue weighted by Crippen LogP contribution is -2.34. The molecule has 2 bridgehead atoms. The maximum atomic E-state index is 4.62. The molecule has 0 amide bonds. The van der Waals surface area contributed by atoms with E-state index >= 15 is 0 Å². The van der Waals surface area contributed by atoms with Gasteiger partial charge in [-0.1, -0.05) is 13.3 Å². The van der Waals surface area contributed by atoms with Crippen molar-refractivity contribution < 1.29 is 0 Å². The van der Waals surface area contributed by atoms with Gasteiger partial charge in [0.25, 0.3) is 0 Å². The number of fused-ring (bicyclic) bond motifs is 2. The summed E-state index contributed by atoms with van der Waals surface area (Å²) in [7, 11) is 0. The van der Waals surface area contributed by atoms with Gasteiger partial charge in [0.15, 0.2) is 0 Å². The number of aryl methyl sites for hydroxylation is 1. The van der Waals surface area contributed by atoms with Crippen LogP contribution in [0, 0.1) is 5.92 Å². The second-order valence-electron chi connectivity index (χ2n) is 5.49. The van der Waals surface area contributed by atoms with Crippen LogP contribution in [0.2, 0.25) is 0 Å². The zero-order valence-electron chi connectivity index (χ0n) is 10.7. The molecule has 4 heteroatoms. The Morgan fingerprint density at radius 2 is 2.29 bits per heavy atom. The number of piperidine rings is 1. The summed E-state index contributed by atoms with van der Waals surface area (Å²) in [5.41, 5.74) is 2.61. The van der Waals surface area contributed by atoms with Crippen molar-refractivity contribution >= 4 is 11.7 Å². The minimum absolute atomic E-state index is 0.660. The molecule has 0 aliphatic carbocycles. The molecule has 0 aromatic carbocycles. The number of rotatable bonds is 3. The lowest BCUT2D eigenvalue weighted by Gasteiger charge is -2.30. The van der Waals surface area contributed by atoms with Gasteiger partial charge in [-0.25, -0.2) is 0 Å². The third-order valence-corrected chi connectivity index (χ3v) is 5.13. The van der Waals surface area contributed by atoms with E-state index in [0.29, 0.717) is 5.92 Å². The van der Waals surface area contributed by atoms with Gasteiger partial charge in [-0.2, -0.15) is 8.75 Å². The molecule has 2 fully saturated rings. The van der Waals surface area contributed by atoms with Gasteiger partial charge < -0.3 is 0 Å². The summed E-state index contributed by atoms with van der Waals surface area (Å²) in [4.78, 5) is 2.65. The molecular formula is C13H21N3S. The van der Waals surface area contributed by atoms with Crippen LogP contribution in [-0.4, -0.2) is 32.8 Å². The lowest BCUT2D eigenvalue weighted by molar-refractivity contribution is 0.190. The van der Waals surface area contributed by atoms with Crippen LogP contribution in [0.4, 0.5) is 0 Å². The van der Waals surface area contributed by atoms with Crippen molar-refractivity contribution in [3.63, 3.8) is 0 Å². The number of aromatic nitrogens is 2. The molecule has 3 heterocycles. The largest absolute Gasteiger partial charge is 0.300 e. The Balaban J connectivity index is 1.86. The molecule has 4 unspecified atom stereocenters. The standard InChI is InChI=1S/C13H21N3S/c1-3-5-12-13(15-17-14-12)11-8-16-7-4-6-10(11)9(16)2/h9-11H,3-8H2,1-2H3. The molecule has 2 aliphatic rings. The first kappa shape index (κ1) is 11.6. The monoisotopic (exact) mass is 251 g/mol. The van der Waals surface area contributed by atoms with Gasteiger partial charge in [0.1, 0.15) is 0 Å². The third kappa shape index (κ3) is 1.91. The Morgan fingerprint density at radius 1 is 1.41 bits per heavy atom. The summed E-state index contributed by atoms with van der Waals surface area (Å²) < 4.78 is 9.12. The molecule has 0 spiro atoms. The second kappa shape index (κ2) is 4.65. The first-order valence-electron chi connectivity index (χ1n) is 6.86. The molecule has 1 aromatic rings. The van der Waals surface area contributed by atoms with Gasteiger partial charge in [-0.3, -0.25) is 4.90 Å². The molecule has 3 nitrogen and oxygen atoms in total. The van der Waals surface area contributed by atoms with E-state index in [4.69, 9.17) is 0 Å². The molecule has 17 heavy (non-hydrogen) atoms. The smallest absolute Gasteiger partial charge is 0.0822 e. The van der Waals surface area contributed by atoms with Crippen LogP contribution in [0.5, 0.6) is 0 Å². The van der Waals surface area contributed by atoms with E-state index in [1.807, 2.05) is 0 Å². The SMILES string of the molecule is CCCc1nsnc1C1CN2CCCC1C2C. The number of nitrogens with zero attached hydrogens (tertiary/aromatic N) is 3. The van der Waals surface area contributed by atoms with E-state index in [-0.39, 0.29) is 0 Å². The maximum Gasteiger partial charge on any atom is 0.0822 e. The van der Waals surface area contributed by atoms with Crippen LogP contribution in [0.1, 0.15) is 50.4 Å². The molecule has 94 valence electrons. The Bertz CT molecular complexity index is 390. The Labute approximate surface area is 108 Å². The fourth-order valence-electron chi connectivity index (χ4n) is 3.62. The van der Waals surface area contributed by atoms with Crippen molar-refractivity contribution in [3.8, 4) is 0 Å². The van der Waals surface area contributed by atoms with Gasteiger partial charge in [0.2, 0.25) is 0 Å². The van der Waals surface area contributed by atoms with Gasteiger partial charge in [-0.05, 0) is 38.6 Å². The third-order valence-electron chi connectivity index (χ3n) is 4.55. The minimum atomic E-state index is 0.660. The van der Waals surface area contributed by atoms with Crippen molar-refractivity contribution in [2.45, 2.75) is 51.5 Å². The summed E-state index contributed by atoms with van der Waals surface area (Å²) in [5, 5.41) is 0. The molecule has 1 aromatic heterocycles. The van der Waals surface area contributed by atoms with Crippen molar-refractivity contribution in [1.82, 2.24) is 13.6 Å². The molecular weight excluding hydrogens is 230 g/mol. The Morgan fingerprint density at radius 3 is 3.06 bits per heavy atom. The van der Waals surface area contributed by atoms with Gasteiger partial charge >= 0.3 is 0 Å². The fourth-order valence-corrected chi connectivity index (χ4v) is 4.28. The van der Waals surface area contributed by atoms with Gasteiger partial charge in [0.05, 0.1) is 23.1 Å². The van der Waals surface area contributed by atoms with E-state index in [2.05, 4.69) is 27.5 Å². The second-order valence-corrected chi connectivity index (χ2v) is 6.02. The van der Waals surface area contributed by atoms with Crippen LogP contribution in [0.3, 0.4) is 0 Å². The average Bonchev–Trinajstić information content (AvgIpc) is 2.81. The van der Waals surface area contributed by atoms with Crippen molar-refractivity contribution in [2.75, 3.05) is 13.1 Å². The van der Waals surface area contributed by atoms with Crippen LogP contribution in [0.25, 0.3) is 0 Å². The first-order valence-corrected chi connectivity index (χ1v) is 7.59. The number of hydrogen-bond donors (Lipinski definition) is 0. The van der Waals surface area contributed by atoms with Crippen LogP contribution in [-0.2, 0) is 6.42 Å². The van der Waals surface area contributed by atoms with Crippen LogP contribution in [0.15, 0.2) is 0 Å². The zero-order valence-corrected chi connectivity index (χ0v) is 11.5. The first-order chi connectivity index (χ1) is 8.31. The molecule has 2 aliphatic heterocycles. The molecule has 2 saturated heterocycles. The van der Waals surface area contributed by atoms with E-state index in [9.17, 15) is 0 Å². The highest BCUT2D eigenvalue weighted by Gasteiger charge is 2.43. The predicted molar refractivity (Wildman–Crippen MR) is 70.4 cm³/mol. The van der Waals surface area contributed by atoms with Crippen molar-refractivity contribution in [2.24, 2.45) is 5.92 Å². The summed E-state index contributed by atoms with van der Waals surface area (Å²) in [6.45, 7) is 7.12. The lowest BCUT2D eigenvalue weighted by atomic mass is 9.83. The Kier molecular flexibility index (Phi) is 3.17. The molecule has 0 N–H and O–H groups in total. The highest BCUT2D eigenvalue weighted by Crippen LogP contribution is 2.43. The summed E-state index contributed by atoms with van der Waals surface area (Å²) in [6, 6.07) is 0.755. The minimum Gasteiger partial charge on any atom is -0.300 e. The number of hydrogen-bond acceptors (Lipinski definition) is 4. The molecule has 0 saturated carbocycles. The molecule has 4 atom stereocenters. The van der Waals surface area contributed by atoms with Gasteiger partial charge in [-0.15, -0.1) is 0 Å². The van der Waals surface area contributed by atoms with Crippen molar-refractivity contribution in [3.05, 3.63) is 11.4 Å². The highest BCUT2D eigenvalue weighted by atomic mass is 32.1. The zero-order chi connectivity index (χ0) is 11.8. The predicted octanol–water partition coefficient (Wildman–Crippen LogP) is 2.69. The van der Waals surface area contributed by atoms with Gasteiger partial charge in [0, 0.05) is 18.5 Å². The average molecular weight is 251 g/mol. The van der Waals surface area contributed by atoms with E-state index in [1.54, 1.807) is 0 Å². The van der Waals surface area contributed by atoms with Crippen molar-refractivity contribution in [1.29, 1.82) is 0 Å². The van der Waals surface area contributed by atoms with Crippen LogP contribution < -0.4 is 0 Å². The van der Waals surface area contributed by atoms with E-state index in [0.717, 1.165) is 18.4 Å². The van der Waals surface area contributed by atoms with E-state index < -0.39 is 0 Å². The summed E-state index contributed by atoms with van der Waals surface area (Å²) >= 11 is 1.41. The molecule has 3 rings (SSSR count). The molecule has 0 radical (unpaired) electrons.